The van der Waals surface area contributed by atoms with Gasteiger partial charge in [-0.1, -0.05) is 24.3 Å². The van der Waals surface area contributed by atoms with E-state index in [2.05, 4.69) is 0 Å². The summed E-state index contributed by atoms with van der Waals surface area (Å²) in [5.74, 6) is -2.35. The van der Waals surface area contributed by atoms with Crippen molar-refractivity contribution in [3.63, 3.8) is 0 Å². The largest absolute Gasteiger partial charge is 0.444 e. The fraction of sp³-hybridized carbons (Fsp3) is 0.471. The lowest BCUT2D eigenvalue weighted by molar-refractivity contribution is -0.155. The summed E-state index contributed by atoms with van der Waals surface area (Å²) in [6.07, 6.45) is -0.501. The van der Waals surface area contributed by atoms with E-state index in [-0.39, 0.29) is 0 Å². The van der Waals surface area contributed by atoms with E-state index in [0.717, 1.165) is 11.1 Å². The highest BCUT2D eigenvalue weighted by Crippen LogP contribution is 2.61. The second kappa shape index (κ2) is 4.34. The number of hydrogen-bond donors (Lipinski definition) is 0. The molecule has 0 spiro atoms. The molecular formula is C17H17NO5. The number of benzene rings is 1. The minimum atomic E-state index is -0.648. The summed E-state index contributed by atoms with van der Waals surface area (Å²) in [5.41, 5.74) is 1.15. The standard InChI is InChI=1S/C17H17NO5/c1-17(2,3)23-16(21)18-12-8-6-4-5-7-9(8)13(18)11-10(12)14(19)22-15(11)20/h4-7,10-13H,1-3H3/t10-,11-,12-,13+/m0/s1. The third-order valence-corrected chi connectivity index (χ3v) is 4.65. The van der Waals surface area contributed by atoms with Crippen molar-refractivity contribution in [1.29, 1.82) is 0 Å². The molecule has 6 heteroatoms. The zero-order valence-corrected chi connectivity index (χ0v) is 13.1. The maximum atomic E-state index is 12.7. The Hall–Kier alpha value is -2.37. The summed E-state index contributed by atoms with van der Waals surface area (Å²) >= 11 is 0. The number of carbonyl (C=O) groups is 3. The van der Waals surface area contributed by atoms with Crippen molar-refractivity contribution in [2.45, 2.75) is 38.5 Å². The van der Waals surface area contributed by atoms with E-state index in [9.17, 15) is 14.4 Å². The molecule has 2 bridgehead atoms. The normalized spacial score (nSPS) is 31.0. The van der Waals surface area contributed by atoms with Crippen LogP contribution < -0.4 is 0 Å². The van der Waals surface area contributed by atoms with Gasteiger partial charge in [0.05, 0.1) is 23.9 Å². The highest BCUT2D eigenvalue weighted by molar-refractivity contribution is 6.00. The topological polar surface area (TPSA) is 72.9 Å². The molecule has 1 amide bonds. The van der Waals surface area contributed by atoms with Crippen LogP contribution in [0.5, 0.6) is 0 Å². The first-order chi connectivity index (χ1) is 10.8. The first-order valence-corrected chi connectivity index (χ1v) is 7.65. The van der Waals surface area contributed by atoms with Gasteiger partial charge in [0.1, 0.15) is 5.60 Å². The van der Waals surface area contributed by atoms with Gasteiger partial charge in [-0.05, 0) is 31.9 Å². The van der Waals surface area contributed by atoms with Gasteiger partial charge in [0.15, 0.2) is 0 Å². The number of rotatable bonds is 0. The van der Waals surface area contributed by atoms with E-state index in [0.29, 0.717) is 0 Å². The molecule has 1 aromatic carbocycles. The second-order valence-corrected chi connectivity index (χ2v) is 7.20. The molecule has 3 aliphatic heterocycles. The van der Waals surface area contributed by atoms with E-state index >= 15 is 0 Å². The number of nitrogens with zero attached hydrogens (tertiary/aromatic N) is 1. The van der Waals surface area contributed by atoms with Crippen LogP contribution in [0.4, 0.5) is 4.79 Å². The summed E-state index contributed by atoms with van der Waals surface area (Å²) in [6, 6.07) is 6.53. The number of ether oxygens (including phenoxy) is 2. The molecule has 0 N–H and O–H groups in total. The van der Waals surface area contributed by atoms with Crippen molar-refractivity contribution in [3.8, 4) is 0 Å². The van der Waals surface area contributed by atoms with Crippen LogP contribution >= 0.6 is 0 Å². The molecule has 4 atom stereocenters. The summed E-state index contributed by atoms with van der Waals surface area (Å²) in [4.78, 5) is 38.4. The van der Waals surface area contributed by atoms with Crippen molar-refractivity contribution >= 4 is 18.0 Å². The quantitative estimate of drug-likeness (QED) is 0.543. The number of esters is 2. The predicted molar refractivity (Wildman–Crippen MR) is 78.1 cm³/mol. The maximum Gasteiger partial charge on any atom is 0.411 e. The van der Waals surface area contributed by atoms with Gasteiger partial charge in [-0.15, -0.1) is 0 Å². The summed E-state index contributed by atoms with van der Waals surface area (Å²) < 4.78 is 10.3. The van der Waals surface area contributed by atoms with Gasteiger partial charge in [0, 0.05) is 0 Å². The fourth-order valence-corrected chi connectivity index (χ4v) is 3.98. The molecule has 120 valence electrons. The van der Waals surface area contributed by atoms with Crippen LogP contribution in [0.2, 0.25) is 0 Å². The van der Waals surface area contributed by atoms with Gasteiger partial charge >= 0.3 is 18.0 Å². The second-order valence-electron chi connectivity index (χ2n) is 7.20. The SMILES string of the molecule is CC(C)(C)OC(=O)N1[C@@H]2c3ccccc3[C@H]1[C@H]1C(=O)OC(=O)[C@@H]12. The Kier molecular flexibility index (Phi) is 2.69. The smallest absolute Gasteiger partial charge is 0.411 e. The Morgan fingerprint density at radius 2 is 1.52 bits per heavy atom. The lowest BCUT2D eigenvalue weighted by Gasteiger charge is -2.28. The highest BCUT2D eigenvalue weighted by Gasteiger charge is 2.67. The van der Waals surface area contributed by atoms with Gasteiger partial charge in [0.2, 0.25) is 0 Å². The molecule has 23 heavy (non-hydrogen) atoms. The van der Waals surface area contributed by atoms with Gasteiger partial charge in [-0.3, -0.25) is 14.5 Å². The lowest BCUT2D eigenvalue weighted by Crippen LogP contribution is -2.36. The minimum Gasteiger partial charge on any atom is -0.444 e. The van der Waals surface area contributed by atoms with Crippen LogP contribution in [0.3, 0.4) is 0 Å². The molecule has 1 aromatic rings. The molecule has 6 nitrogen and oxygen atoms in total. The Morgan fingerprint density at radius 3 is 1.96 bits per heavy atom. The third-order valence-electron chi connectivity index (χ3n) is 4.65. The molecule has 0 aliphatic carbocycles. The fourth-order valence-electron chi connectivity index (χ4n) is 3.98. The van der Waals surface area contributed by atoms with Crippen molar-refractivity contribution in [2.75, 3.05) is 0 Å². The third kappa shape index (κ3) is 1.84. The molecule has 4 rings (SSSR count). The zero-order chi connectivity index (χ0) is 16.5. The molecule has 2 saturated heterocycles. The van der Waals surface area contributed by atoms with Crippen molar-refractivity contribution in [1.82, 2.24) is 4.90 Å². The van der Waals surface area contributed by atoms with Crippen LogP contribution in [-0.2, 0) is 19.1 Å². The molecular weight excluding hydrogens is 298 g/mol. The maximum absolute atomic E-state index is 12.7. The number of amides is 1. The van der Waals surface area contributed by atoms with Gasteiger partial charge in [-0.2, -0.15) is 0 Å². The Bertz CT molecular complexity index is 688. The monoisotopic (exact) mass is 315 g/mol. The van der Waals surface area contributed by atoms with Crippen molar-refractivity contribution in [2.24, 2.45) is 11.8 Å². The van der Waals surface area contributed by atoms with Crippen LogP contribution in [0, 0.1) is 11.8 Å². The lowest BCUT2D eigenvalue weighted by atomic mass is 9.77. The molecule has 0 saturated carbocycles. The zero-order valence-electron chi connectivity index (χ0n) is 13.1. The molecule has 0 aromatic heterocycles. The average Bonchev–Trinajstić information content (AvgIpc) is 3.05. The highest BCUT2D eigenvalue weighted by atomic mass is 16.6. The number of hydrogen-bond acceptors (Lipinski definition) is 5. The van der Waals surface area contributed by atoms with Crippen molar-refractivity contribution < 1.29 is 23.9 Å². The van der Waals surface area contributed by atoms with Gasteiger partial charge in [0.25, 0.3) is 0 Å². The first kappa shape index (κ1) is 14.2. The van der Waals surface area contributed by atoms with Crippen LogP contribution in [0.1, 0.15) is 44.0 Å². The average molecular weight is 315 g/mol. The molecule has 2 fully saturated rings. The molecule has 0 unspecified atom stereocenters. The number of carbonyl (C=O) groups excluding carboxylic acids is 3. The van der Waals surface area contributed by atoms with Gasteiger partial charge < -0.3 is 9.47 Å². The van der Waals surface area contributed by atoms with Crippen LogP contribution in [-0.4, -0.2) is 28.5 Å². The van der Waals surface area contributed by atoms with Crippen LogP contribution in [0.15, 0.2) is 24.3 Å². The number of fused-ring (bicyclic) bond motifs is 8. The van der Waals surface area contributed by atoms with E-state index in [1.807, 2.05) is 24.3 Å². The van der Waals surface area contributed by atoms with E-state index in [1.165, 1.54) is 0 Å². The summed E-state index contributed by atoms with van der Waals surface area (Å²) in [5, 5.41) is 0. The summed E-state index contributed by atoms with van der Waals surface area (Å²) in [7, 11) is 0. The van der Waals surface area contributed by atoms with E-state index in [1.54, 1.807) is 25.7 Å². The Morgan fingerprint density at radius 1 is 1.04 bits per heavy atom. The first-order valence-electron chi connectivity index (χ1n) is 7.65. The summed E-state index contributed by atoms with van der Waals surface area (Å²) in [6.45, 7) is 5.36. The molecule has 3 aliphatic rings. The van der Waals surface area contributed by atoms with Crippen LogP contribution in [0.25, 0.3) is 0 Å². The van der Waals surface area contributed by atoms with Gasteiger partial charge in [-0.25, -0.2) is 4.79 Å². The van der Waals surface area contributed by atoms with Crippen molar-refractivity contribution in [3.05, 3.63) is 35.4 Å². The predicted octanol–water partition coefficient (Wildman–Crippen LogP) is 2.35. The van der Waals surface area contributed by atoms with E-state index < -0.39 is 47.6 Å². The van der Waals surface area contributed by atoms with E-state index in [4.69, 9.17) is 9.47 Å². The molecule has 3 heterocycles. The Balaban J connectivity index is 1.80. The Labute approximate surface area is 133 Å². The number of cyclic esters (lactones) is 2. The minimum absolute atomic E-state index is 0.491. The molecule has 0 radical (unpaired) electrons.